The van der Waals surface area contributed by atoms with Crippen LogP contribution in [0.4, 0.5) is 5.69 Å². The molecular weight excluding hydrogens is 270 g/mol. The number of aliphatic hydroxyl groups excluding tert-OH is 1. The highest BCUT2D eigenvalue weighted by Crippen LogP contribution is 2.27. The van der Waals surface area contributed by atoms with Crippen molar-refractivity contribution >= 4 is 21.6 Å². The second kappa shape index (κ2) is 5.66. The lowest BCUT2D eigenvalue weighted by Gasteiger charge is -2.31. The lowest BCUT2D eigenvalue weighted by molar-refractivity contribution is 0.122. The van der Waals surface area contributed by atoms with Gasteiger partial charge in [-0.1, -0.05) is 34.1 Å². The van der Waals surface area contributed by atoms with Crippen LogP contribution in [0.5, 0.6) is 0 Å². The molecule has 0 saturated carbocycles. The predicted octanol–water partition coefficient (Wildman–Crippen LogP) is 1.95. The quantitative estimate of drug-likeness (QED) is 0.862. The zero-order valence-corrected chi connectivity index (χ0v) is 10.7. The number of ether oxygens (including phenoxy) is 1. The van der Waals surface area contributed by atoms with Crippen LogP contribution in [0.25, 0.3) is 0 Å². The third-order valence-corrected chi connectivity index (χ3v) is 3.41. The molecule has 0 bridgehead atoms. The molecule has 4 heteroatoms. The summed E-state index contributed by atoms with van der Waals surface area (Å²) in [5.41, 5.74) is 2.11. The molecule has 16 heavy (non-hydrogen) atoms. The Balaban J connectivity index is 2.24. The van der Waals surface area contributed by atoms with E-state index in [2.05, 4.69) is 26.9 Å². The third-order valence-electron chi connectivity index (χ3n) is 2.79. The number of nitrogens with zero attached hydrogens (tertiary/aromatic N) is 1. The molecule has 1 heterocycles. The summed E-state index contributed by atoms with van der Waals surface area (Å²) in [6.45, 7) is 3.32. The van der Waals surface area contributed by atoms with Gasteiger partial charge in [-0.2, -0.15) is 0 Å². The molecule has 0 amide bonds. The number of para-hydroxylation sites is 1. The second-order valence-electron chi connectivity index (χ2n) is 3.83. The summed E-state index contributed by atoms with van der Waals surface area (Å²) in [4.78, 5) is 2.27. The standard InChI is InChI=1S/C12H16BrNO2/c13-9-12(15)10-3-1-2-4-11(10)14-5-7-16-8-6-14/h1-4,12,15H,5-9H2. The molecule has 1 aliphatic heterocycles. The van der Waals surface area contributed by atoms with E-state index >= 15 is 0 Å². The Morgan fingerprint density at radius 1 is 1.31 bits per heavy atom. The van der Waals surface area contributed by atoms with Gasteiger partial charge in [-0.15, -0.1) is 0 Å². The maximum atomic E-state index is 9.94. The molecule has 88 valence electrons. The smallest absolute Gasteiger partial charge is 0.0906 e. The number of anilines is 1. The number of rotatable bonds is 3. The van der Waals surface area contributed by atoms with E-state index in [4.69, 9.17) is 4.74 Å². The van der Waals surface area contributed by atoms with E-state index in [9.17, 15) is 5.11 Å². The Bertz CT molecular complexity index is 340. The molecule has 0 spiro atoms. The highest BCUT2D eigenvalue weighted by atomic mass is 79.9. The summed E-state index contributed by atoms with van der Waals surface area (Å²) < 4.78 is 5.33. The zero-order chi connectivity index (χ0) is 11.4. The fraction of sp³-hybridized carbons (Fsp3) is 0.500. The fourth-order valence-corrected chi connectivity index (χ4v) is 2.29. The lowest BCUT2D eigenvalue weighted by atomic mass is 10.1. The van der Waals surface area contributed by atoms with Crippen LogP contribution in [0.15, 0.2) is 24.3 Å². The number of hydrogen-bond acceptors (Lipinski definition) is 3. The van der Waals surface area contributed by atoms with Gasteiger partial charge < -0.3 is 14.7 Å². The van der Waals surface area contributed by atoms with Gasteiger partial charge in [0.1, 0.15) is 0 Å². The van der Waals surface area contributed by atoms with Crippen molar-refractivity contribution in [2.75, 3.05) is 36.5 Å². The van der Waals surface area contributed by atoms with E-state index < -0.39 is 6.10 Å². The van der Waals surface area contributed by atoms with Crippen molar-refractivity contribution in [2.24, 2.45) is 0 Å². The first kappa shape index (κ1) is 11.9. The first-order valence-electron chi connectivity index (χ1n) is 5.48. The van der Waals surface area contributed by atoms with Crippen molar-refractivity contribution in [3.63, 3.8) is 0 Å². The van der Waals surface area contributed by atoms with Crippen molar-refractivity contribution in [3.8, 4) is 0 Å². The monoisotopic (exact) mass is 285 g/mol. The minimum atomic E-state index is -0.445. The molecule has 1 N–H and O–H groups in total. The number of halogens is 1. The number of hydrogen-bond donors (Lipinski definition) is 1. The molecule has 0 aromatic heterocycles. The van der Waals surface area contributed by atoms with Gasteiger partial charge in [0.2, 0.25) is 0 Å². The molecule has 1 atom stereocenters. The van der Waals surface area contributed by atoms with E-state index in [1.807, 2.05) is 18.2 Å². The van der Waals surface area contributed by atoms with Gasteiger partial charge in [0.25, 0.3) is 0 Å². The average Bonchev–Trinajstić information content (AvgIpc) is 2.39. The molecule has 1 aliphatic rings. The van der Waals surface area contributed by atoms with Crippen LogP contribution in [-0.2, 0) is 4.74 Å². The van der Waals surface area contributed by atoms with Gasteiger partial charge in [0.15, 0.2) is 0 Å². The predicted molar refractivity (Wildman–Crippen MR) is 68.2 cm³/mol. The lowest BCUT2D eigenvalue weighted by Crippen LogP contribution is -2.37. The van der Waals surface area contributed by atoms with Crippen molar-refractivity contribution in [2.45, 2.75) is 6.10 Å². The average molecular weight is 286 g/mol. The van der Waals surface area contributed by atoms with Gasteiger partial charge in [0.05, 0.1) is 19.3 Å². The molecule has 1 fully saturated rings. The van der Waals surface area contributed by atoms with Gasteiger partial charge in [-0.05, 0) is 6.07 Å². The van der Waals surface area contributed by atoms with Gasteiger partial charge >= 0.3 is 0 Å². The van der Waals surface area contributed by atoms with E-state index in [1.54, 1.807) is 0 Å². The zero-order valence-electron chi connectivity index (χ0n) is 9.10. The summed E-state index contributed by atoms with van der Waals surface area (Å²) in [5, 5.41) is 10.5. The first-order chi connectivity index (χ1) is 7.83. The van der Waals surface area contributed by atoms with Crippen molar-refractivity contribution < 1.29 is 9.84 Å². The number of alkyl halides is 1. The Hall–Kier alpha value is -0.580. The maximum absolute atomic E-state index is 9.94. The summed E-state index contributed by atoms with van der Waals surface area (Å²) in [6, 6.07) is 8.02. The van der Waals surface area contributed by atoms with E-state index in [0.717, 1.165) is 37.6 Å². The topological polar surface area (TPSA) is 32.7 Å². The highest BCUT2D eigenvalue weighted by Gasteiger charge is 2.17. The van der Waals surface area contributed by atoms with Crippen LogP contribution < -0.4 is 4.90 Å². The SMILES string of the molecule is OC(CBr)c1ccccc1N1CCOCC1. The third kappa shape index (κ3) is 2.56. The van der Waals surface area contributed by atoms with Crippen LogP contribution in [-0.4, -0.2) is 36.7 Å². The minimum absolute atomic E-state index is 0.445. The van der Waals surface area contributed by atoms with Gasteiger partial charge in [-0.25, -0.2) is 0 Å². The molecule has 1 aromatic carbocycles. The Kier molecular flexibility index (Phi) is 4.21. The van der Waals surface area contributed by atoms with Gasteiger partial charge in [-0.3, -0.25) is 0 Å². The van der Waals surface area contributed by atoms with Crippen molar-refractivity contribution in [1.29, 1.82) is 0 Å². The maximum Gasteiger partial charge on any atom is 0.0906 e. The summed E-state index contributed by atoms with van der Waals surface area (Å²) in [7, 11) is 0. The molecule has 0 aliphatic carbocycles. The number of benzene rings is 1. The number of aliphatic hydroxyl groups is 1. The first-order valence-corrected chi connectivity index (χ1v) is 6.60. The van der Waals surface area contributed by atoms with Crippen LogP contribution in [0, 0.1) is 0 Å². The largest absolute Gasteiger partial charge is 0.387 e. The van der Waals surface area contributed by atoms with Crippen LogP contribution in [0.3, 0.4) is 0 Å². The van der Waals surface area contributed by atoms with E-state index in [0.29, 0.717) is 5.33 Å². The molecule has 3 nitrogen and oxygen atoms in total. The summed E-state index contributed by atoms with van der Waals surface area (Å²) >= 11 is 3.32. The van der Waals surface area contributed by atoms with Crippen LogP contribution in [0.1, 0.15) is 11.7 Å². The Labute approximate surface area is 104 Å². The van der Waals surface area contributed by atoms with Crippen molar-refractivity contribution in [3.05, 3.63) is 29.8 Å². The highest BCUT2D eigenvalue weighted by molar-refractivity contribution is 9.09. The van der Waals surface area contributed by atoms with Crippen LogP contribution in [0.2, 0.25) is 0 Å². The van der Waals surface area contributed by atoms with Crippen molar-refractivity contribution in [1.82, 2.24) is 0 Å². The molecule has 0 radical (unpaired) electrons. The molecule has 1 unspecified atom stereocenters. The van der Waals surface area contributed by atoms with E-state index in [1.165, 1.54) is 0 Å². The van der Waals surface area contributed by atoms with E-state index in [-0.39, 0.29) is 0 Å². The summed E-state index contributed by atoms with van der Waals surface area (Å²) in [6.07, 6.45) is -0.445. The second-order valence-corrected chi connectivity index (χ2v) is 4.48. The Morgan fingerprint density at radius 2 is 2.00 bits per heavy atom. The number of morpholine rings is 1. The molecule has 1 aromatic rings. The molecular formula is C12H16BrNO2. The minimum Gasteiger partial charge on any atom is -0.387 e. The summed E-state index contributed by atoms with van der Waals surface area (Å²) in [5.74, 6) is 0. The van der Waals surface area contributed by atoms with Gasteiger partial charge in [0, 0.05) is 29.7 Å². The fourth-order valence-electron chi connectivity index (χ4n) is 1.94. The molecule has 1 saturated heterocycles. The Morgan fingerprint density at radius 3 is 2.69 bits per heavy atom. The van der Waals surface area contributed by atoms with Crippen LogP contribution >= 0.6 is 15.9 Å². The normalized spacial score (nSPS) is 18.5. The molecule has 2 rings (SSSR count).